The van der Waals surface area contributed by atoms with Gasteiger partial charge in [-0.25, -0.2) is 0 Å². The van der Waals surface area contributed by atoms with Gasteiger partial charge in [-0.1, -0.05) is 24.1 Å². The third-order valence-electron chi connectivity index (χ3n) is 3.84. The number of rotatable bonds is 4. The second-order valence-electron chi connectivity index (χ2n) is 5.44. The first kappa shape index (κ1) is 17.6. The molecular weight excluding hydrogens is 354 g/mol. The molecule has 0 N–H and O–H groups in total. The third kappa shape index (κ3) is 3.15. The van der Waals surface area contributed by atoms with Crippen molar-refractivity contribution in [2.24, 2.45) is 0 Å². The lowest BCUT2D eigenvalue weighted by atomic mass is 10.0. The number of thioether (sulfide) groups is 1. The molecule has 3 rings (SSSR count). The van der Waals surface area contributed by atoms with Crippen LogP contribution >= 0.6 is 11.8 Å². The highest BCUT2D eigenvalue weighted by molar-refractivity contribution is 8.18. The van der Waals surface area contributed by atoms with E-state index in [0.717, 1.165) is 16.7 Å². The van der Waals surface area contributed by atoms with Crippen LogP contribution in [0.5, 0.6) is 0 Å². The van der Waals surface area contributed by atoms with Crippen molar-refractivity contribution in [1.29, 1.82) is 0 Å². The van der Waals surface area contributed by atoms with Crippen LogP contribution < -0.4 is 5.11 Å². The molecule has 2 heterocycles. The van der Waals surface area contributed by atoms with E-state index in [1.165, 1.54) is 12.1 Å². The van der Waals surface area contributed by atoms with Crippen LogP contribution in [0.4, 0.5) is 4.79 Å². The molecule has 130 valence electrons. The second kappa shape index (κ2) is 6.94. The van der Waals surface area contributed by atoms with Gasteiger partial charge in [-0.3, -0.25) is 14.5 Å². The van der Waals surface area contributed by atoms with Gasteiger partial charge in [-0.05, 0) is 36.4 Å². The third-order valence-corrected chi connectivity index (χ3v) is 4.75. The van der Waals surface area contributed by atoms with Crippen molar-refractivity contribution in [3.05, 3.63) is 52.1 Å². The molecule has 1 aliphatic heterocycles. The maximum Gasteiger partial charge on any atom is 0.294 e. The minimum absolute atomic E-state index is 0.0795. The van der Waals surface area contributed by atoms with Gasteiger partial charge in [0.05, 0.1) is 17.4 Å². The van der Waals surface area contributed by atoms with Crippen LogP contribution in [0.1, 0.15) is 21.7 Å². The van der Waals surface area contributed by atoms with Gasteiger partial charge in [0.15, 0.2) is 0 Å². The number of furan rings is 1. The van der Waals surface area contributed by atoms with Crippen molar-refractivity contribution in [1.82, 2.24) is 4.90 Å². The van der Waals surface area contributed by atoms with Crippen molar-refractivity contribution in [2.75, 3.05) is 6.54 Å². The van der Waals surface area contributed by atoms with E-state index in [4.69, 9.17) is 10.8 Å². The summed E-state index contributed by atoms with van der Waals surface area (Å²) in [5, 5.41) is 10.7. The topological polar surface area (TPSA) is 90.7 Å². The molecule has 2 aromatic rings. The summed E-state index contributed by atoms with van der Waals surface area (Å²) in [6, 6.07) is 8.08. The Morgan fingerprint density at radius 2 is 2.12 bits per heavy atom. The number of carbonyl (C=O) groups is 3. The Kier molecular flexibility index (Phi) is 4.69. The number of hydrogen-bond acceptors (Lipinski definition) is 6. The molecule has 0 aliphatic carbocycles. The lowest BCUT2D eigenvalue weighted by Gasteiger charge is -2.10. The molecule has 0 bridgehead atoms. The SMILES string of the molecule is C#CCN1C(=O)S/C(=C\c2ccc(-c3cccc(C(=O)[O-])c3C)o2)C1=O. The van der Waals surface area contributed by atoms with E-state index in [-0.39, 0.29) is 17.0 Å². The first-order valence-corrected chi connectivity index (χ1v) is 8.34. The fraction of sp³-hybridized carbons (Fsp3) is 0.105. The Hall–Kier alpha value is -3.24. The van der Waals surface area contributed by atoms with E-state index in [1.54, 1.807) is 31.2 Å². The van der Waals surface area contributed by atoms with Crippen molar-refractivity contribution >= 4 is 35.0 Å². The number of carbonyl (C=O) groups excluding carboxylic acids is 3. The summed E-state index contributed by atoms with van der Waals surface area (Å²) in [6.45, 7) is 1.58. The molecular formula is C19H12NO5S-. The molecule has 1 aromatic carbocycles. The molecule has 1 saturated heterocycles. The fourth-order valence-corrected chi connectivity index (χ4v) is 3.37. The first-order chi connectivity index (χ1) is 12.4. The highest BCUT2D eigenvalue weighted by Gasteiger charge is 2.34. The van der Waals surface area contributed by atoms with Crippen LogP contribution in [-0.2, 0) is 4.79 Å². The van der Waals surface area contributed by atoms with E-state index < -0.39 is 17.1 Å². The summed E-state index contributed by atoms with van der Waals surface area (Å²) in [5.74, 6) is 1.35. The van der Waals surface area contributed by atoms with Crippen LogP contribution in [0.3, 0.4) is 0 Å². The molecule has 7 heteroatoms. The summed E-state index contributed by atoms with van der Waals surface area (Å²) < 4.78 is 5.70. The van der Waals surface area contributed by atoms with Gasteiger partial charge in [0.1, 0.15) is 11.5 Å². The van der Waals surface area contributed by atoms with Gasteiger partial charge >= 0.3 is 0 Å². The second-order valence-corrected chi connectivity index (χ2v) is 6.43. The van der Waals surface area contributed by atoms with Crippen LogP contribution in [-0.4, -0.2) is 28.6 Å². The summed E-state index contributed by atoms with van der Waals surface area (Å²) >= 11 is 0.788. The predicted octanol–water partition coefficient (Wildman–Crippen LogP) is 2.29. The van der Waals surface area contributed by atoms with Gasteiger partial charge < -0.3 is 14.3 Å². The minimum atomic E-state index is -1.27. The Labute approximate surface area is 153 Å². The zero-order chi connectivity index (χ0) is 18.8. The number of carboxylic acids is 1. The zero-order valence-electron chi connectivity index (χ0n) is 13.6. The number of nitrogens with zero attached hydrogens (tertiary/aromatic N) is 1. The molecule has 0 unspecified atom stereocenters. The smallest absolute Gasteiger partial charge is 0.294 e. The molecule has 1 fully saturated rings. The Morgan fingerprint density at radius 3 is 2.81 bits per heavy atom. The summed E-state index contributed by atoms with van der Waals surface area (Å²) in [6.07, 6.45) is 6.62. The van der Waals surface area contributed by atoms with E-state index in [1.807, 2.05) is 0 Å². The van der Waals surface area contributed by atoms with E-state index in [0.29, 0.717) is 22.6 Å². The van der Waals surface area contributed by atoms with E-state index >= 15 is 0 Å². The summed E-state index contributed by atoms with van der Waals surface area (Å²) in [5.41, 5.74) is 1.20. The number of aromatic carboxylic acids is 1. The van der Waals surface area contributed by atoms with Gasteiger partial charge in [-0.15, -0.1) is 6.42 Å². The lowest BCUT2D eigenvalue weighted by molar-refractivity contribution is -0.255. The zero-order valence-corrected chi connectivity index (χ0v) is 14.5. The van der Waals surface area contributed by atoms with Gasteiger partial charge in [-0.2, -0.15) is 0 Å². The van der Waals surface area contributed by atoms with Gasteiger partial charge in [0, 0.05) is 17.2 Å². The lowest BCUT2D eigenvalue weighted by Crippen LogP contribution is -2.28. The summed E-state index contributed by atoms with van der Waals surface area (Å²) in [7, 11) is 0. The average molecular weight is 366 g/mol. The molecule has 0 atom stereocenters. The molecule has 26 heavy (non-hydrogen) atoms. The molecule has 1 aliphatic rings. The van der Waals surface area contributed by atoms with E-state index in [2.05, 4.69) is 5.92 Å². The van der Waals surface area contributed by atoms with Crippen LogP contribution in [0, 0.1) is 19.3 Å². The molecule has 2 amide bonds. The standard InChI is InChI=1S/C19H13NO5S/c1-3-9-20-17(21)16(26-19(20)24)10-12-7-8-15(25-12)13-5-4-6-14(11(13)2)18(22)23/h1,4-8,10H,9H2,2H3,(H,22,23)/p-1/b16-10-. The normalized spacial score (nSPS) is 15.5. The van der Waals surface area contributed by atoms with Crippen LogP contribution in [0.15, 0.2) is 39.7 Å². The Balaban J connectivity index is 1.92. The number of amides is 2. The highest BCUT2D eigenvalue weighted by Crippen LogP contribution is 2.33. The van der Waals surface area contributed by atoms with E-state index in [9.17, 15) is 19.5 Å². The quantitative estimate of drug-likeness (QED) is 0.609. The number of hydrogen-bond donors (Lipinski definition) is 0. The van der Waals surface area contributed by atoms with Crippen LogP contribution in [0.25, 0.3) is 17.4 Å². The van der Waals surface area contributed by atoms with Crippen molar-refractivity contribution in [3.63, 3.8) is 0 Å². The maximum absolute atomic E-state index is 12.2. The minimum Gasteiger partial charge on any atom is -0.545 e. The number of imide groups is 1. The van der Waals surface area contributed by atoms with Crippen molar-refractivity contribution in [3.8, 4) is 23.7 Å². The van der Waals surface area contributed by atoms with Crippen LogP contribution in [0.2, 0.25) is 0 Å². The molecule has 0 saturated carbocycles. The molecule has 0 radical (unpaired) electrons. The predicted molar refractivity (Wildman–Crippen MR) is 94.7 cm³/mol. The Bertz CT molecular complexity index is 996. The largest absolute Gasteiger partial charge is 0.545 e. The maximum atomic E-state index is 12.2. The highest BCUT2D eigenvalue weighted by atomic mass is 32.2. The average Bonchev–Trinajstić information content (AvgIpc) is 3.15. The summed E-state index contributed by atoms with van der Waals surface area (Å²) in [4.78, 5) is 36.3. The Morgan fingerprint density at radius 1 is 1.35 bits per heavy atom. The first-order valence-electron chi connectivity index (χ1n) is 7.52. The molecule has 1 aromatic heterocycles. The fourth-order valence-electron chi connectivity index (χ4n) is 2.56. The monoisotopic (exact) mass is 366 g/mol. The molecule has 6 nitrogen and oxygen atoms in total. The number of benzene rings is 1. The van der Waals surface area contributed by atoms with Gasteiger partial charge in [0.25, 0.3) is 11.1 Å². The number of terminal acetylenes is 1. The van der Waals surface area contributed by atoms with Crippen molar-refractivity contribution < 1.29 is 23.9 Å². The van der Waals surface area contributed by atoms with Crippen molar-refractivity contribution in [2.45, 2.75) is 6.92 Å². The number of carboxylic acid groups (broad SMARTS) is 1. The molecule has 0 spiro atoms. The van der Waals surface area contributed by atoms with Gasteiger partial charge in [0.2, 0.25) is 0 Å².